The van der Waals surface area contributed by atoms with Gasteiger partial charge >= 0.3 is 0 Å². The van der Waals surface area contributed by atoms with E-state index in [0.29, 0.717) is 6.61 Å². The monoisotopic (exact) mass is 605 g/mol. The van der Waals surface area contributed by atoms with Crippen LogP contribution in [0, 0.1) is 0 Å². The van der Waals surface area contributed by atoms with Crippen LogP contribution < -0.4 is 10.0 Å². The van der Waals surface area contributed by atoms with Crippen LogP contribution in [0.5, 0.6) is 5.75 Å². The molecule has 0 fully saturated rings. The molecule has 0 saturated heterocycles. The van der Waals surface area contributed by atoms with E-state index in [2.05, 4.69) is 141 Å². The molecule has 0 aliphatic rings. The summed E-state index contributed by atoms with van der Waals surface area (Å²) in [6, 6.07) is 41.7. The van der Waals surface area contributed by atoms with Gasteiger partial charge in [-0.25, -0.2) is 0 Å². The normalized spacial score (nSPS) is 12.6. The van der Waals surface area contributed by atoms with Crippen molar-refractivity contribution in [1.82, 2.24) is 4.90 Å². The molecule has 0 aromatic heterocycles. The van der Waals surface area contributed by atoms with Gasteiger partial charge in [0.1, 0.15) is 12.4 Å². The molecule has 0 aliphatic carbocycles. The van der Waals surface area contributed by atoms with E-state index in [4.69, 9.17) is 4.74 Å². The van der Waals surface area contributed by atoms with Gasteiger partial charge in [0, 0.05) is 6.54 Å². The standard InChI is InChI=1S/C41H52NOP/c1-42(2)32-33-43-38-30-28-37(29-31-38)41(36-23-15-11-16-24-36)40(35-21-13-10-14-22-35)27-19-8-6-4-5-7-9-20-34-44(3)39-25-17-12-18-26-39/h10-18,21-26,28-31H,4-9,19-20,27,32-34H2,1-3H3/b41-40-. The second kappa shape index (κ2) is 19.3. The topological polar surface area (TPSA) is 12.5 Å². The molecule has 3 heteroatoms. The van der Waals surface area contributed by atoms with Gasteiger partial charge in [-0.15, -0.1) is 0 Å². The molecule has 4 aromatic carbocycles. The van der Waals surface area contributed by atoms with Crippen LogP contribution in [0.25, 0.3) is 11.1 Å². The van der Waals surface area contributed by atoms with Crippen LogP contribution in [0.2, 0.25) is 0 Å². The second-order valence-electron chi connectivity index (χ2n) is 12.1. The van der Waals surface area contributed by atoms with Crippen LogP contribution in [0.4, 0.5) is 0 Å². The molecular formula is C41H52NOP. The average Bonchev–Trinajstić information content (AvgIpc) is 3.06. The molecule has 232 valence electrons. The quantitative estimate of drug-likeness (QED) is 0.0599. The fourth-order valence-electron chi connectivity index (χ4n) is 5.76. The minimum Gasteiger partial charge on any atom is -0.492 e. The summed E-state index contributed by atoms with van der Waals surface area (Å²) in [5.41, 5.74) is 6.62. The van der Waals surface area contributed by atoms with Gasteiger partial charge in [0.15, 0.2) is 0 Å². The molecule has 0 N–H and O–H groups in total. The summed E-state index contributed by atoms with van der Waals surface area (Å²) in [7, 11) is 4.16. The van der Waals surface area contributed by atoms with Crippen LogP contribution in [-0.2, 0) is 0 Å². The van der Waals surface area contributed by atoms with Crippen molar-refractivity contribution in [2.45, 2.75) is 57.8 Å². The zero-order valence-corrected chi connectivity index (χ0v) is 28.2. The van der Waals surface area contributed by atoms with Crippen LogP contribution >= 0.6 is 7.92 Å². The van der Waals surface area contributed by atoms with E-state index in [1.165, 1.54) is 85.4 Å². The molecular weight excluding hydrogens is 553 g/mol. The molecule has 44 heavy (non-hydrogen) atoms. The lowest BCUT2D eigenvalue weighted by Gasteiger charge is -2.18. The molecule has 0 amide bonds. The maximum absolute atomic E-state index is 6.01. The van der Waals surface area contributed by atoms with Crippen molar-refractivity contribution in [3.8, 4) is 5.75 Å². The summed E-state index contributed by atoms with van der Waals surface area (Å²) in [4.78, 5) is 2.14. The molecule has 0 bridgehead atoms. The first-order valence-corrected chi connectivity index (χ1v) is 18.6. The predicted molar refractivity (Wildman–Crippen MR) is 195 cm³/mol. The van der Waals surface area contributed by atoms with Crippen molar-refractivity contribution >= 4 is 24.4 Å². The minimum atomic E-state index is 0.00791. The molecule has 2 nitrogen and oxygen atoms in total. The first-order chi connectivity index (χ1) is 21.6. The average molecular weight is 606 g/mol. The Hall–Kier alpha value is -3.19. The maximum Gasteiger partial charge on any atom is 0.119 e. The van der Waals surface area contributed by atoms with Gasteiger partial charge in [0.2, 0.25) is 0 Å². The van der Waals surface area contributed by atoms with Crippen molar-refractivity contribution in [3.63, 3.8) is 0 Å². The lowest BCUT2D eigenvalue weighted by molar-refractivity contribution is 0.261. The number of unbranched alkanes of at least 4 members (excludes halogenated alkanes) is 7. The number of hydrogen-bond acceptors (Lipinski definition) is 2. The van der Waals surface area contributed by atoms with Crippen molar-refractivity contribution in [2.24, 2.45) is 0 Å². The van der Waals surface area contributed by atoms with Crippen LogP contribution in [0.3, 0.4) is 0 Å². The third-order valence-corrected chi connectivity index (χ3v) is 10.5. The summed E-state index contributed by atoms with van der Waals surface area (Å²) in [6.07, 6.45) is 13.1. The third kappa shape index (κ3) is 11.4. The lowest BCUT2D eigenvalue weighted by atomic mass is 9.86. The molecule has 0 radical (unpaired) electrons. The number of rotatable bonds is 19. The third-order valence-electron chi connectivity index (χ3n) is 8.30. The smallest absolute Gasteiger partial charge is 0.119 e. The summed E-state index contributed by atoms with van der Waals surface area (Å²) in [6.45, 7) is 4.03. The van der Waals surface area contributed by atoms with Crippen molar-refractivity contribution in [2.75, 3.05) is 40.1 Å². The number of nitrogens with zero attached hydrogens (tertiary/aromatic N) is 1. The summed E-state index contributed by atoms with van der Waals surface area (Å²) in [5, 5.41) is 1.54. The SMILES string of the molecule is CN(C)CCOc1ccc(/C(=C(/CCCCCCCCCCP(C)c2ccccc2)c2ccccc2)c2ccccc2)cc1. The largest absolute Gasteiger partial charge is 0.492 e. The molecule has 4 aromatic rings. The van der Waals surface area contributed by atoms with Gasteiger partial charge in [-0.1, -0.05) is 150 Å². The summed E-state index contributed by atoms with van der Waals surface area (Å²) in [5.74, 6) is 0.927. The number of likely N-dealkylation sites (N-methyl/N-ethyl adjacent to an activating group) is 1. The van der Waals surface area contributed by atoms with Crippen molar-refractivity contribution in [1.29, 1.82) is 0 Å². The first kappa shape index (κ1) is 33.7. The highest BCUT2D eigenvalue weighted by Crippen LogP contribution is 2.36. The van der Waals surface area contributed by atoms with E-state index >= 15 is 0 Å². The minimum absolute atomic E-state index is 0.00791. The second-order valence-corrected chi connectivity index (χ2v) is 14.5. The maximum atomic E-state index is 6.01. The fraction of sp³-hybridized carbons (Fsp3) is 0.366. The highest BCUT2D eigenvalue weighted by atomic mass is 31.1. The van der Waals surface area contributed by atoms with Gasteiger partial charge in [-0.2, -0.15) is 0 Å². The Balaban J connectivity index is 1.34. The summed E-state index contributed by atoms with van der Waals surface area (Å²) < 4.78 is 6.01. The number of benzene rings is 4. The van der Waals surface area contributed by atoms with E-state index in [1.807, 2.05) is 0 Å². The molecule has 1 atom stereocenters. The van der Waals surface area contributed by atoms with Crippen molar-refractivity contribution in [3.05, 3.63) is 132 Å². The molecule has 0 heterocycles. The predicted octanol–water partition coefficient (Wildman–Crippen LogP) is 10.5. The molecule has 4 rings (SSSR count). The Morgan fingerprint density at radius 1 is 0.568 bits per heavy atom. The van der Waals surface area contributed by atoms with E-state index in [-0.39, 0.29) is 7.92 Å². The molecule has 1 unspecified atom stereocenters. The van der Waals surface area contributed by atoms with E-state index in [0.717, 1.165) is 18.7 Å². The highest BCUT2D eigenvalue weighted by molar-refractivity contribution is 7.64. The Bertz CT molecular complexity index is 1350. The molecule has 0 saturated carbocycles. The number of ether oxygens (including phenoxy) is 1. The van der Waals surface area contributed by atoms with Crippen LogP contribution in [0.15, 0.2) is 115 Å². The number of allylic oxidation sites excluding steroid dienone is 1. The Labute approximate surface area is 268 Å². The Morgan fingerprint density at radius 3 is 1.66 bits per heavy atom. The van der Waals surface area contributed by atoms with Crippen molar-refractivity contribution < 1.29 is 4.74 Å². The fourth-order valence-corrected chi connectivity index (χ4v) is 7.40. The first-order valence-electron chi connectivity index (χ1n) is 16.6. The Kier molecular flexibility index (Phi) is 14.7. The molecule has 0 aliphatic heterocycles. The van der Waals surface area contributed by atoms with Crippen LogP contribution in [0.1, 0.15) is 74.5 Å². The van der Waals surface area contributed by atoms with Gasteiger partial charge in [-0.3, -0.25) is 0 Å². The van der Waals surface area contributed by atoms with Gasteiger partial charge in [-0.05, 0) is 91.5 Å². The van der Waals surface area contributed by atoms with Gasteiger partial charge in [0.25, 0.3) is 0 Å². The van der Waals surface area contributed by atoms with Gasteiger partial charge < -0.3 is 9.64 Å². The lowest BCUT2D eigenvalue weighted by Crippen LogP contribution is -2.19. The number of hydrogen-bond donors (Lipinski definition) is 0. The Morgan fingerprint density at radius 2 is 1.07 bits per heavy atom. The highest BCUT2D eigenvalue weighted by Gasteiger charge is 2.14. The van der Waals surface area contributed by atoms with E-state index < -0.39 is 0 Å². The molecule has 0 spiro atoms. The summed E-state index contributed by atoms with van der Waals surface area (Å²) >= 11 is 0. The van der Waals surface area contributed by atoms with Crippen LogP contribution in [-0.4, -0.2) is 45.0 Å². The zero-order valence-electron chi connectivity index (χ0n) is 27.3. The zero-order chi connectivity index (χ0) is 30.8. The van der Waals surface area contributed by atoms with Gasteiger partial charge in [0.05, 0.1) is 0 Å². The van der Waals surface area contributed by atoms with E-state index in [9.17, 15) is 0 Å². The van der Waals surface area contributed by atoms with E-state index in [1.54, 1.807) is 5.30 Å².